The first kappa shape index (κ1) is 19.0. The quantitative estimate of drug-likeness (QED) is 0.440. The number of hydrogen-bond donors (Lipinski definition) is 1. The second-order valence-electron chi connectivity index (χ2n) is 7.56. The summed E-state index contributed by atoms with van der Waals surface area (Å²) >= 11 is 0. The van der Waals surface area contributed by atoms with Crippen LogP contribution in [0.4, 0.5) is 5.69 Å². The lowest BCUT2D eigenvalue weighted by atomic mass is 10.1. The van der Waals surface area contributed by atoms with E-state index in [9.17, 15) is 0 Å². The Morgan fingerprint density at radius 3 is 2.58 bits per heavy atom. The van der Waals surface area contributed by atoms with Crippen molar-refractivity contribution in [2.45, 2.75) is 38.6 Å². The van der Waals surface area contributed by atoms with E-state index in [4.69, 9.17) is 4.74 Å². The molecule has 1 heterocycles. The van der Waals surface area contributed by atoms with Crippen LogP contribution in [0.1, 0.15) is 37.7 Å². The Bertz CT molecular complexity index is 562. The van der Waals surface area contributed by atoms with Gasteiger partial charge in [-0.3, -0.25) is 4.99 Å². The summed E-state index contributed by atoms with van der Waals surface area (Å²) in [5.74, 6) is 1.74. The molecule has 0 unspecified atom stereocenters. The molecule has 5 heteroatoms. The Labute approximate surface area is 158 Å². The molecule has 5 nitrogen and oxygen atoms in total. The molecule has 26 heavy (non-hydrogen) atoms. The topological polar surface area (TPSA) is 40.1 Å². The van der Waals surface area contributed by atoms with Crippen LogP contribution >= 0.6 is 0 Å². The third-order valence-corrected chi connectivity index (χ3v) is 5.23. The van der Waals surface area contributed by atoms with Crippen molar-refractivity contribution in [3.63, 3.8) is 0 Å². The van der Waals surface area contributed by atoms with Gasteiger partial charge in [-0.2, -0.15) is 0 Å². The minimum absolute atomic E-state index is 0.744. The molecule has 1 aromatic carbocycles. The first-order valence-electron chi connectivity index (χ1n) is 10.1. The van der Waals surface area contributed by atoms with Crippen molar-refractivity contribution in [3.05, 3.63) is 29.8 Å². The van der Waals surface area contributed by atoms with Crippen molar-refractivity contribution < 1.29 is 4.74 Å². The van der Waals surface area contributed by atoms with E-state index in [0.717, 1.165) is 38.2 Å². The van der Waals surface area contributed by atoms with Crippen molar-refractivity contribution in [2.24, 2.45) is 10.9 Å². The number of aliphatic imine (C=N–C) groups is 1. The van der Waals surface area contributed by atoms with Gasteiger partial charge in [0.15, 0.2) is 5.96 Å². The molecule has 1 aliphatic heterocycles. The van der Waals surface area contributed by atoms with E-state index < -0.39 is 0 Å². The van der Waals surface area contributed by atoms with Gasteiger partial charge in [0.1, 0.15) is 0 Å². The molecular weight excluding hydrogens is 324 g/mol. The van der Waals surface area contributed by atoms with Crippen LogP contribution in [0, 0.1) is 5.92 Å². The molecule has 0 radical (unpaired) electrons. The highest BCUT2D eigenvalue weighted by Crippen LogP contribution is 2.28. The Kier molecular flexibility index (Phi) is 7.18. The first-order valence-corrected chi connectivity index (χ1v) is 10.1. The average molecular weight is 359 g/mol. The summed E-state index contributed by atoms with van der Waals surface area (Å²) in [6, 6.07) is 9.01. The lowest BCUT2D eigenvalue weighted by Crippen LogP contribution is -2.40. The summed E-state index contributed by atoms with van der Waals surface area (Å²) in [7, 11) is 3.92. The smallest absolute Gasteiger partial charge is 0.193 e. The highest BCUT2D eigenvalue weighted by Gasteiger charge is 2.20. The minimum atomic E-state index is 0.744. The summed E-state index contributed by atoms with van der Waals surface area (Å²) < 4.78 is 5.68. The van der Waals surface area contributed by atoms with E-state index in [1.165, 1.54) is 56.4 Å². The molecule has 0 aromatic heterocycles. The summed E-state index contributed by atoms with van der Waals surface area (Å²) in [5.41, 5.74) is 2.66. The van der Waals surface area contributed by atoms with Gasteiger partial charge in [-0.15, -0.1) is 0 Å². The average Bonchev–Trinajstić information content (AvgIpc) is 3.50. The third kappa shape index (κ3) is 5.90. The first-order chi connectivity index (χ1) is 12.8. The highest BCUT2D eigenvalue weighted by atomic mass is 16.5. The standard InChI is InChI=1S/C21H34N4O/c1-22-21(23-12-15-26-17-19-6-7-19)24(2)16-18-8-10-20(11-9-18)25-13-4-3-5-14-25/h8-11,19H,3-7,12-17H2,1-2H3,(H,22,23). The summed E-state index contributed by atoms with van der Waals surface area (Å²) in [6.07, 6.45) is 6.69. The molecule has 1 aromatic rings. The SMILES string of the molecule is CN=C(NCCOCC1CC1)N(C)Cc1ccc(N2CCCCC2)cc1. The van der Waals surface area contributed by atoms with Crippen LogP contribution in [0.25, 0.3) is 0 Å². The molecule has 1 N–H and O–H groups in total. The van der Waals surface area contributed by atoms with Gasteiger partial charge in [0.05, 0.1) is 6.61 Å². The van der Waals surface area contributed by atoms with Crippen LogP contribution in [0.3, 0.4) is 0 Å². The Morgan fingerprint density at radius 1 is 1.19 bits per heavy atom. The molecule has 1 aliphatic carbocycles. The molecule has 144 valence electrons. The van der Waals surface area contributed by atoms with Gasteiger partial charge < -0.3 is 19.9 Å². The van der Waals surface area contributed by atoms with E-state index >= 15 is 0 Å². The zero-order valence-electron chi connectivity index (χ0n) is 16.4. The molecule has 1 saturated carbocycles. The molecule has 1 saturated heterocycles. The minimum Gasteiger partial charge on any atom is -0.379 e. The molecule has 0 bridgehead atoms. The number of guanidine groups is 1. The summed E-state index contributed by atoms with van der Waals surface area (Å²) in [4.78, 5) is 9.05. The van der Waals surface area contributed by atoms with Crippen LogP contribution in [0.2, 0.25) is 0 Å². The number of nitrogens with one attached hydrogen (secondary N) is 1. The molecular formula is C21H34N4O. The van der Waals surface area contributed by atoms with E-state index in [1.807, 2.05) is 7.05 Å². The van der Waals surface area contributed by atoms with Crippen molar-refractivity contribution >= 4 is 11.6 Å². The fraction of sp³-hybridized carbons (Fsp3) is 0.667. The number of ether oxygens (including phenoxy) is 1. The van der Waals surface area contributed by atoms with E-state index in [2.05, 4.69) is 51.4 Å². The Morgan fingerprint density at radius 2 is 1.92 bits per heavy atom. The second-order valence-corrected chi connectivity index (χ2v) is 7.56. The van der Waals surface area contributed by atoms with Crippen molar-refractivity contribution in [3.8, 4) is 0 Å². The lowest BCUT2D eigenvalue weighted by molar-refractivity contribution is 0.128. The molecule has 3 rings (SSSR count). The molecule has 2 aliphatic rings. The fourth-order valence-corrected chi connectivity index (χ4v) is 3.47. The molecule has 2 fully saturated rings. The van der Waals surface area contributed by atoms with Gasteiger partial charge >= 0.3 is 0 Å². The fourth-order valence-electron chi connectivity index (χ4n) is 3.47. The Hall–Kier alpha value is -1.75. The summed E-state index contributed by atoms with van der Waals surface area (Å²) in [5, 5.41) is 3.39. The zero-order chi connectivity index (χ0) is 18.2. The van der Waals surface area contributed by atoms with Crippen LogP contribution in [-0.2, 0) is 11.3 Å². The maximum Gasteiger partial charge on any atom is 0.193 e. The number of rotatable bonds is 8. The highest BCUT2D eigenvalue weighted by molar-refractivity contribution is 5.79. The number of piperidine rings is 1. The van der Waals surface area contributed by atoms with Crippen molar-refractivity contribution in [1.29, 1.82) is 0 Å². The maximum absolute atomic E-state index is 5.68. The lowest BCUT2D eigenvalue weighted by Gasteiger charge is -2.29. The molecule has 0 amide bonds. The van der Waals surface area contributed by atoms with Crippen LogP contribution in [0.5, 0.6) is 0 Å². The maximum atomic E-state index is 5.68. The van der Waals surface area contributed by atoms with E-state index in [0.29, 0.717) is 0 Å². The predicted molar refractivity (Wildman–Crippen MR) is 109 cm³/mol. The monoisotopic (exact) mass is 358 g/mol. The normalized spacial score (nSPS) is 18.1. The van der Waals surface area contributed by atoms with Gasteiger partial charge in [-0.25, -0.2) is 0 Å². The number of hydrogen-bond acceptors (Lipinski definition) is 3. The number of nitrogens with zero attached hydrogens (tertiary/aromatic N) is 3. The van der Waals surface area contributed by atoms with E-state index in [-0.39, 0.29) is 0 Å². The largest absolute Gasteiger partial charge is 0.379 e. The van der Waals surface area contributed by atoms with Crippen molar-refractivity contribution in [1.82, 2.24) is 10.2 Å². The van der Waals surface area contributed by atoms with Gasteiger partial charge in [-0.1, -0.05) is 12.1 Å². The van der Waals surface area contributed by atoms with Gasteiger partial charge in [0, 0.05) is 52.6 Å². The molecule has 0 spiro atoms. The summed E-state index contributed by atoms with van der Waals surface area (Å²) in [6.45, 7) is 5.70. The molecule has 0 atom stereocenters. The van der Waals surface area contributed by atoms with Crippen LogP contribution in [-0.4, -0.2) is 57.8 Å². The van der Waals surface area contributed by atoms with Gasteiger partial charge in [-0.05, 0) is 55.7 Å². The van der Waals surface area contributed by atoms with Crippen molar-refractivity contribution in [2.75, 3.05) is 51.8 Å². The predicted octanol–water partition coefficient (Wildman–Crippen LogP) is 3.11. The second kappa shape index (κ2) is 9.81. The number of benzene rings is 1. The Balaban J connectivity index is 1.42. The number of anilines is 1. The van der Waals surface area contributed by atoms with E-state index in [1.54, 1.807) is 0 Å². The van der Waals surface area contributed by atoms with Crippen LogP contribution in [0.15, 0.2) is 29.3 Å². The zero-order valence-corrected chi connectivity index (χ0v) is 16.4. The third-order valence-electron chi connectivity index (χ3n) is 5.23. The van der Waals surface area contributed by atoms with Crippen LogP contribution < -0.4 is 10.2 Å². The van der Waals surface area contributed by atoms with Gasteiger partial charge in [0.2, 0.25) is 0 Å². The van der Waals surface area contributed by atoms with Gasteiger partial charge in [0.25, 0.3) is 0 Å².